The van der Waals surface area contributed by atoms with Crippen LogP contribution in [0.15, 0.2) is 40.9 Å². The van der Waals surface area contributed by atoms with Crippen LogP contribution in [0.2, 0.25) is 0 Å². The van der Waals surface area contributed by atoms with Crippen LogP contribution in [-0.2, 0) is 6.18 Å². The van der Waals surface area contributed by atoms with Crippen LogP contribution >= 0.6 is 31.9 Å². The van der Waals surface area contributed by atoms with E-state index in [9.17, 15) is 22.0 Å². The molecule has 0 aliphatic rings. The van der Waals surface area contributed by atoms with Gasteiger partial charge in [0.15, 0.2) is 0 Å². The summed E-state index contributed by atoms with van der Waals surface area (Å²) in [4.78, 5) is -0.822. The van der Waals surface area contributed by atoms with E-state index in [-0.39, 0.29) is 10.0 Å². The summed E-state index contributed by atoms with van der Waals surface area (Å²) < 4.78 is 65.5. The van der Waals surface area contributed by atoms with Crippen molar-refractivity contribution in [2.24, 2.45) is 0 Å². The molecule has 2 aromatic rings. The van der Waals surface area contributed by atoms with Gasteiger partial charge in [0, 0.05) is 5.56 Å². The molecule has 0 radical (unpaired) electrons. The van der Waals surface area contributed by atoms with Crippen molar-refractivity contribution in [3.05, 3.63) is 69.2 Å². The largest absolute Gasteiger partial charge is 0.419 e. The molecule has 0 nitrogen and oxygen atoms in total. The zero-order valence-electron chi connectivity index (χ0n) is 10.2. The van der Waals surface area contributed by atoms with Crippen LogP contribution in [0, 0.1) is 11.6 Å². The summed E-state index contributed by atoms with van der Waals surface area (Å²) in [7, 11) is 0. The fraction of sp³-hybridized carbons (Fsp3) is 0.143. The average Bonchev–Trinajstić information content (AvgIpc) is 2.40. The van der Waals surface area contributed by atoms with E-state index in [0.717, 1.165) is 12.1 Å². The molecule has 0 spiro atoms. The number of hydrogen-bond acceptors (Lipinski definition) is 0. The minimum atomic E-state index is -4.77. The summed E-state index contributed by atoms with van der Waals surface area (Å²) in [5, 5.41) is 0. The van der Waals surface area contributed by atoms with Crippen molar-refractivity contribution < 1.29 is 22.0 Å². The molecule has 0 aliphatic heterocycles. The van der Waals surface area contributed by atoms with Crippen molar-refractivity contribution >= 4 is 31.9 Å². The van der Waals surface area contributed by atoms with Crippen LogP contribution in [0.4, 0.5) is 22.0 Å². The molecule has 0 heterocycles. The summed E-state index contributed by atoms with van der Waals surface area (Å²) >= 11 is 6.14. The van der Waals surface area contributed by atoms with E-state index in [0.29, 0.717) is 11.6 Å². The lowest BCUT2D eigenvalue weighted by Gasteiger charge is -2.16. The van der Waals surface area contributed by atoms with Gasteiger partial charge in [-0.15, -0.1) is 0 Å². The van der Waals surface area contributed by atoms with Crippen molar-refractivity contribution in [3.63, 3.8) is 0 Å². The van der Waals surface area contributed by atoms with Crippen LogP contribution in [-0.4, -0.2) is 0 Å². The SMILES string of the molecule is Fc1ccc(C(Br)c2cccc(C(F)(F)F)c2F)cc1Br. The van der Waals surface area contributed by atoms with Crippen molar-refractivity contribution in [3.8, 4) is 0 Å². The second-order valence-electron chi connectivity index (χ2n) is 4.24. The smallest absolute Gasteiger partial charge is 0.206 e. The van der Waals surface area contributed by atoms with E-state index in [1.807, 2.05) is 0 Å². The Balaban J connectivity index is 2.48. The Morgan fingerprint density at radius 1 is 1.00 bits per heavy atom. The number of rotatable bonds is 2. The Morgan fingerprint density at radius 3 is 2.24 bits per heavy atom. The Labute approximate surface area is 134 Å². The molecule has 0 aliphatic carbocycles. The van der Waals surface area contributed by atoms with Gasteiger partial charge < -0.3 is 0 Å². The molecular formula is C14H7Br2F5. The fourth-order valence-electron chi connectivity index (χ4n) is 1.81. The van der Waals surface area contributed by atoms with Gasteiger partial charge >= 0.3 is 6.18 Å². The fourth-order valence-corrected chi connectivity index (χ4v) is 2.85. The third-order valence-electron chi connectivity index (χ3n) is 2.84. The number of alkyl halides is 4. The first-order valence-electron chi connectivity index (χ1n) is 5.66. The third kappa shape index (κ3) is 3.45. The molecule has 112 valence electrons. The second-order valence-corrected chi connectivity index (χ2v) is 6.01. The van der Waals surface area contributed by atoms with E-state index >= 15 is 0 Å². The van der Waals surface area contributed by atoms with Crippen molar-refractivity contribution in [1.82, 2.24) is 0 Å². The maximum absolute atomic E-state index is 14.0. The maximum atomic E-state index is 14.0. The van der Waals surface area contributed by atoms with E-state index in [1.165, 1.54) is 18.2 Å². The summed E-state index contributed by atoms with van der Waals surface area (Å²) in [6.45, 7) is 0. The van der Waals surface area contributed by atoms with Gasteiger partial charge in [0.25, 0.3) is 0 Å². The molecule has 2 rings (SSSR count). The zero-order chi connectivity index (χ0) is 15.8. The van der Waals surface area contributed by atoms with E-state index in [1.54, 1.807) is 0 Å². The molecule has 7 heteroatoms. The molecule has 0 bridgehead atoms. The Hall–Kier alpha value is -0.950. The Kier molecular flexibility index (Phi) is 4.72. The lowest BCUT2D eigenvalue weighted by atomic mass is 10.0. The van der Waals surface area contributed by atoms with Gasteiger partial charge in [-0.1, -0.05) is 34.1 Å². The molecule has 0 aromatic heterocycles. The first-order chi connectivity index (χ1) is 9.71. The Bertz CT molecular complexity index is 667. The first kappa shape index (κ1) is 16.4. The van der Waals surface area contributed by atoms with Crippen LogP contribution in [0.5, 0.6) is 0 Å². The molecule has 2 aromatic carbocycles. The molecule has 0 saturated carbocycles. The normalized spacial score (nSPS) is 13.3. The highest BCUT2D eigenvalue weighted by molar-refractivity contribution is 9.10. The molecule has 0 fully saturated rings. The highest BCUT2D eigenvalue weighted by Gasteiger charge is 2.35. The van der Waals surface area contributed by atoms with Gasteiger partial charge in [0.2, 0.25) is 0 Å². The minimum Gasteiger partial charge on any atom is -0.206 e. The maximum Gasteiger partial charge on any atom is 0.419 e. The third-order valence-corrected chi connectivity index (χ3v) is 4.47. The molecule has 0 saturated heterocycles. The first-order valence-corrected chi connectivity index (χ1v) is 7.37. The molecular weight excluding hydrogens is 423 g/mol. The summed E-state index contributed by atoms with van der Waals surface area (Å²) in [6.07, 6.45) is -4.77. The van der Waals surface area contributed by atoms with Crippen LogP contribution in [0.1, 0.15) is 21.5 Å². The average molecular weight is 430 g/mol. The zero-order valence-corrected chi connectivity index (χ0v) is 13.4. The summed E-state index contributed by atoms with van der Waals surface area (Å²) in [5.74, 6) is -1.85. The predicted octanol–water partition coefficient (Wildman–Crippen LogP) is 6.23. The van der Waals surface area contributed by atoms with Crippen LogP contribution < -0.4 is 0 Å². The van der Waals surface area contributed by atoms with E-state index in [2.05, 4.69) is 31.9 Å². The van der Waals surface area contributed by atoms with Gasteiger partial charge in [-0.25, -0.2) is 8.78 Å². The monoisotopic (exact) mass is 428 g/mol. The predicted molar refractivity (Wildman–Crippen MR) is 76.3 cm³/mol. The molecule has 0 N–H and O–H groups in total. The van der Waals surface area contributed by atoms with E-state index < -0.39 is 28.2 Å². The van der Waals surface area contributed by atoms with Crippen LogP contribution in [0.25, 0.3) is 0 Å². The van der Waals surface area contributed by atoms with Crippen LogP contribution in [0.3, 0.4) is 0 Å². The van der Waals surface area contributed by atoms with Gasteiger partial charge in [0.1, 0.15) is 11.6 Å². The van der Waals surface area contributed by atoms with Gasteiger partial charge in [-0.2, -0.15) is 13.2 Å². The number of benzene rings is 2. The van der Waals surface area contributed by atoms with Crippen molar-refractivity contribution in [2.75, 3.05) is 0 Å². The molecule has 0 amide bonds. The number of halogens is 7. The summed E-state index contributed by atoms with van der Waals surface area (Å²) in [6, 6.07) is 6.97. The number of hydrogen-bond donors (Lipinski definition) is 0. The van der Waals surface area contributed by atoms with E-state index in [4.69, 9.17) is 0 Å². The molecule has 21 heavy (non-hydrogen) atoms. The lowest BCUT2D eigenvalue weighted by molar-refractivity contribution is -0.140. The highest BCUT2D eigenvalue weighted by Crippen LogP contribution is 2.39. The second kappa shape index (κ2) is 6.04. The van der Waals surface area contributed by atoms with Crippen molar-refractivity contribution in [1.29, 1.82) is 0 Å². The summed E-state index contributed by atoms with van der Waals surface area (Å²) in [5.41, 5.74) is -1.06. The molecule has 1 atom stereocenters. The van der Waals surface area contributed by atoms with Gasteiger partial charge in [-0.05, 0) is 39.7 Å². The lowest BCUT2D eigenvalue weighted by Crippen LogP contribution is -2.10. The van der Waals surface area contributed by atoms with Gasteiger partial charge in [0.05, 0.1) is 14.9 Å². The van der Waals surface area contributed by atoms with Crippen molar-refractivity contribution in [2.45, 2.75) is 11.0 Å². The minimum absolute atomic E-state index is 0.150. The Morgan fingerprint density at radius 2 is 1.67 bits per heavy atom. The quantitative estimate of drug-likeness (QED) is 0.392. The topological polar surface area (TPSA) is 0 Å². The van der Waals surface area contributed by atoms with Gasteiger partial charge in [-0.3, -0.25) is 0 Å². The molecule has 1 unspecified atom stereocenters. The standard InChI is InChI=1S/C14H7Br2F5/c15-10-6-7(4-5-11(10)17)12(16)8-2-1-3-9(13(8)18)14(19,20)21/h1-6,12H. The highest BCUT2D eigenvalue weighted by atomic mass is 79.9.